The molecule has 0 aliphatic heterocycles. The SMILES string of the molecule is CCc1nc2cc(-c3ccccc3)nn2c(=O)[nH]1. The van der Waals surface area contributed by atoms with Crippen molar-refractivity contribution in [1.29, 1.82) is 0 Å². The summed E-state index contributed by atoms with van der Waals surface area (Å²) >= 11 is 0. The third-order valence-electron chi connectivity index (χ3n) is 2.79. The van der Waals surface area contributed by atoms with E-state index in [2.05, 4.69) is 15.1 Å². The zero-order valence-corrected chi connectivity index (χ0v) is 9.92. The summed E-state index contributed by atoms with van der Waals surface area (Å²) in [5, 5.41) is 4.27. The molecule has 18 heavy (non-hydrogen) atoms. The van der Waals surface area contributed by atoms with Crippen LogP contribution in [0.5, 0.6) is 0 Å². The quantitative estimate of drug-likeness (QED) is 0.740. The number of H-pyrrole nitrogens is 1. The summed E-state index contributed by atoms with van der Waals surface area (Å²) in [5.41, 5.74) is 2.05. The van der Waals surface area contributed by atoms with Crippen molar-refractivity contribution in [3.63, 3.8) is 0 Å². The summed E-state index contributed by atoms with van der Waals surface area (Å²) in [6.45, 7) is 1.95. The molecule has 1 N–H and O–H groups in total. The largest absolute Gasteiger partial charge is 0.349 e. The van der Waals surface area contributed by atoms with Crippen LogP contribution >= 0.6 is 0 Å². The Balaban J connectivity index is 2.23. The Labute approximate surface area is 103 Å². The predicted octanol–water partition coefficient (Wildman–Crippen LogP) is 1.65. The molecule has 0 unspecified atom stereocenters. The van der Waals surface area contributed by atoms with Gasteiger partial charge in [-0.1, -0.05) is 37.3 Å². The summed E-state index contributed by atoms with van der Waals surface area (Å²) < 4.78 is 1.29. The van der Waals surface area contributed by atoms with Gasteiger partial charge in [0.2, 0.25) is 0 Å². The maximum absolute atomic E-state index is 11.8. The maximum atomic E-state index is 11.8. The third kappa shape index (κ3) is 1.69. The van der Waals surface area contributed by atoms with Gasteiger partial charge in [-0.05, 0) is 0 Å². The lowest BCUT2D eigenvalue weighted by Crippen LogP contribution is -2.20. The van der Waals surface area contributed by atoms with E-state index in [0.717, 1.165) is 11.3 Å². The first-order valence-corrected chi connectivity index (χ1v) is 5.82. The van der Waals surface area contributed by atoms with E-state index in [9.17, 15) is 4.79 Å². The number of hydrogen-bond acceptors (Lipinski definition) is 3. The molecule has 2 aromatic heterocycles. The number of aromatic amines is 1. The van der Waals surface area contributed by atoms with Crippen molar-refractivity contribution in [3.05, 3.63) is 52.7 Å². The van der Waals surface area contributed by atoms with E-state index in [0.29, 0.717) is 17.9 Å². The van der Waals surface area contributed by atoms with Crippen LogP contribution in [0.4, 0.5) is 0 Å². The van der Waals surface area contributed by atoms with Gasteiger partial charge in [0.15, 0.2) is 5.65 Å². The molecule has 3 rings (SSSR count). The summed E-state index contributed by atoms with van der Waals surface area (Å²) in [6.07, 6.45) is 0.692. The molecule has 0 saturated carbocycles. The highest BCUT2D eigenvalue weighted by molar-refractivity contribution is 5.63. The van der Waals surface area contributed by atoms with Crippen molar-refractivity contribution in [2.75, 3.05) is 0 Å². The summed E-state index contributed by atoms with van der Waals surface area (Å²) in [6, 6.07) is 11.6. The van der Waals surface area contributed by atoms with Crippen LogP contribution in [0.2, 0.25) is 0 Å². The van der Waals surface area contributed by atoms with Crippen molar-refractivity contribution in [2.24, 2.45) is 0 Å². The van der Waals surface area contributed by atoms with Gasteiger partial charge in [-0.25, -0.2) is 9.78 Å². The highest BCUT2D eigenvalue weighted by Gasteiger charge is 2.08. The molecule has 0 amide bonds. The molecule has 0 fully saturated rings. The molecule has 3 aromatic rings. The van der Waals surface area contributed by atoms with Crippen LogP contribution in [-0.2, 0) is 6.42 Å². The second-order valence-electron chi connectivity index (χ2n) is 4.01. The Hall–Kier alpha value is -2.43. The molecule has 0 aliphatic rings. The fourth-order valence-electron chi connectivity index (χ4n) is 1.86. The Bertz CT molecular complexity index is 743. The van der Waals surface area contributed by atoms with E-state index in [1.165, 1.54) is 4.52 Å². The van der Waals surface area contributed by atoms with E-state index in [4.69, 9.17) is 0 Å². The number of fused-ring (bicyclic) bond motifs is 1. The number of hydrogen-bond donors (Lipinski definition) is 1. The van der Waals surface area contributed by atoms with Crippen LogP contribution in [0.25, 0.3) is 16.9 Å². The van der Waals surface area contributed by atoms with Crippen LogP contribution < -0.4 is 5.69 Å². The minimum absolute atomic E-state index is 0.251. The molecule has 0 aliphatic carbocycles. The predicted molar refractivity (Wildman–Crippen MR) is 68.4 cm³/mol. The Morgan fingerprint density at radius 2 is 2.06 bits per heavy atom. The standard InChI is InChI=1S/C13H12N4O/c1-2-11-14-12-8-10(9-6-4-3-5-7-9)16-17(12)13(18)15-11/h3-8H,2H2,1H3,(H,14,15,18). The Kier molecular flexibility index (Phi) is 2.44. The highest BCUT2D eigenvalue weighted by atomic mass is 16.1. The third-order valence-corrected chi connectivity index (χ3v) is 2.79. The second kappa shape index (κ2) is 4.10. The average molecular weight is 240 g/mol. The van der Waals surface area contributed by atoms with Gasteiger partial charge >= 0.3 is 5.69 Å². The van der Waals surface area contributed by atoms with E-state index >= 15 is 0 Å². The number of benzene rings is 1. The molecule has 0 radical (unpaired) electrons. The molecular weight excluding hydrogens is 228 g/mol. The first kappa shape index (κ1) is 10.7. The Morgan fingerprint density at radius 1 is 1.28 bits per heavy atom. The summed E-state index contributed by atoms with van der Waals surface area (Å²) in [4.78, 5) is 18.9. The van der Waals surface area contributed by atoms with Gasteiger partial charge in [0.05, 0.1) is 5.69 Å². The molecule has 5 nitrogen and oxygen atoms in total. The zero-order valence-electron chi connectivity index (χ0n) is 9.92. The normalized spacial score (nSPS) is 10.9. The molecule has 0 spiro atoms. The summed E-state index contributed by atoms with van der Waals surface area (Å²) in [7, 11) is 0. The number of aromatic nitrogens is 4. The van der Waals surface area contributed by atoms with Crippen LogP contribution in [0, 0.1) is 0 Å². The van der Waals surface area contributed by atoms with Crippen molar-refractivity contribution >= 4 is 5.65 Å². The number of nitrogens with zero attached hydrogens (tertiary/aromatic N) is 3. The highest BCUT2D eigenvalue weighted by Crippen LogP contribution is 2.17. The van der Waals surface area contributed by atoms with Crippen molar-refractivity contribution in [2.45, 2.75) is 13.3 Å². The van der Waals surface area contributed by atoms with Gasteiger partial charge in [-0.15, -0.1) is 0 Å². The molecule has 0 atom stereocenters. The fraction of sp³-hybridized carbons (Fsp3) is 0.154. The van der Waals surface area contributed by atoms with Gasteiger partial charge in [0.1, 0.15) is 5.82 Å². The van der Waals surface area contributed by atoms with Crippen LogP contribution in [-0.4, -0.2) is 19.6 Å². The van der Waals surface area contributed by atoms with Crippen molar-refractivity contribution in [3.8, 4) is 11.3 Å². The topological polar surface area (TPSA) is 63.1 Å². The van der Waals surface area contributed by atoms with Crippen LogP contribution in [0.3, 0.4) is 0 Å². The van der Waals surface area contributed by atoms with E-state index in [1.807, 2.05) is 43.3 Å². The zero-order chi connectivity index (χ0) is 12.5. The van der Waals surface area contributed by atoms with E-state index < -0.39 is 0 Å². The number of aryl methyl sites for hydroxylation is 1. The monoisotopic (exact) mass is 240 g/mol. The smallest absolute Gasteiger partial charge is 0.294 e. The van der Waals surface area contributed by atoms with Gasteiger partial charge in [-0.3, -0.25) is 4.98 Å². The van der Waals surface area contributed by atoms with Gasteiger partial charge in [0, 0.05) is 18.1 Å². The lowest BCUT2D eigenvalue weighted by atomic mass is 10.2. The Morgan fingerprint density at radius 3 is 2.78 bits per heavy atom. The van der Waals surface area contributed by atoms with Crippen molar-refractivity contribution in [1.82, 2.24) is 19.6 Å². The van der Waals surface area contributed by atoms with Crippen LogP contribution in [0.15, 0.2) is 41.2 Å². The molecule has 1 aromatic carbocycles. The number of nitrogens with one attached hydrogen (secondary N) is 1. The molecule has 90 valence electrons. The lowest BCUT2D eigenvalue weighted by molar-refractivity contribution is 0.799. The van der Waals surface area contributed by atoms with E-state index in [1.54, 1.807) is 0 Å². The second-order valence-corrected chi connectivity index (χ2v) is 4.01. The van der Waals surface area contributed by atoms with Crippen LogP contribution in [0.1, 0.15) is 12.7 Å². The first-order chi connectivity index (χ1) is 8.78. The van der Waals surface area contributed by atoms with Crippen molar-refractivity contribution < 1.29 is 0 Å². The number of rotatable bonds is 2. The molecule has 0 saturated heterocycles. The minimum atomic E-state index is -0.251. The van der Waals surface area contributed by atoms with Gasteiger partial charge < -0.3 is 0 Å². The average Bonchev–Trinajstić information content (AvgIpc) is 2.84. The molecule has 5 heteroatoms. The van der Waals surface area contributed by atoms with E-state index in [-0.39, 0.29) is 5.69 Å². The minimum Gasteiger partial charge on any atom is -0.294 e. The maximum Gasteiger partial charge on any atom is 0.349 e. The molecule has 2 heterocycles. The van der Waals surface area contributed by atoms with Gasteiger partial charge in [0.25, 0.3) is 0 Å². The lowest BCUT2D eigenvalue weighted by Gasteiger charge is -1.95. The van der Waals surface area contributed by atoms with Gasteiger partial charge in [-0.2, -0.15) is 9.61 Å². The molecule has 0 bridgehead atoms. The summed E-state index contributed by atoms with van der Waals surface area (Å²) in [5.74, 6) is 0.673. The molecular formula is C13H12N4O. The first-order valence-electron chi connectivity index (χ1n) is 5.82. The fourth-order valence-corrected chi connectivity index (χ4v) is 1.86.